The molecule has 0 amide bonds. The number of carbonyl (C=O) groups is 1. The summed E-state index contributed by atoms with van der Waals surface area (Å²) in [6, 6.07) is 0.539. The molecule has 0 saturated carbocycles. The summed E-state index contributed by atoms with van der Waals surface area (Å²) >= 11 is -1.85. The first-order valence-electron chi connectivity index (χ1n) is 6.20. The number of hydrogen-bond donors (Lipinski definition) is 0. The van der Waals surface area contributed by atoms with E-state index in [4.69, 9.17) is 0 Å². The molecule has 1 aromatic carbocycles. The van der Waals surface area contributed by atoms with Gasteiger partial charge in [-0.1, -0.05) is 0 Å². The Morgan fingerprint density at radius 3 is 2.43 bits per heavy atom. The van der Waals surface area contributed by atoms with Crippen LogP contribution in [0, 0.1) is 21.7 Å². The molecule has 0 N–H and O–H groups in total. The molecule has 114 valence electrons. The number of carbonyl (C=O) groups excluding carboxylic acids is 1. The summed E-state index contributed by atoms with van der Waals surface area (Å²) < 4.78 is 31.8. The second-order valence-corrected chi connectivity index (χ2v) is 11.7. The van der Waals surface area contributed by atoms with E-state index in [1.807, 2.05) is 0 Å². The normalized spacial score (nSPS) is 11.3. The number of nitrogens with zero attached hydrogens (tertiary/aromatic N) is 1. The Hall–Kier alpha value is -1.25. The summed E-state index contributed by atoms with van der Waals surface area (Å²) in [6.07, 6.45) is 0. The van der Waals surface area contributed by atoms with Crippen molar-refractivity contribution in [2.45, 2.75) is 31.1 Å². The average molecular weight is 406 g/mol. The maximum absolute atomic E-state index is 14.0. The molecule has 0 atom stereocenters. The van der Waals surface area contributed by atoms with Crippen molar-refractivity contribution >= 4 is 36.4 Å². The van der Waals surface area contributed by atoms with Crippen LogP contribution in [0.3, 0.4) is 0 Å². The van der Waals surface area contributed by atoms with Crippen molar-refractivity contribution in [3.05, 3.63) is 33.4 Å². The molecule has 0 aromatic heterocycles. The van der Waals surface area contributed by atoms with Gasteiger partial charge in [-0.05, 0) is 0 Å². The van der Waals surface area contributed by atoms with Crippen LogP contribution in [0.15, 0.2) is 6.07 Å². The van der Waals surface area contributed by atoms with Gasteiger partial charge in [0.2, 0.25) is 0 Å². The number of rotatable bonds is 4. The van der Waals surface area contributed by atoms with Crippen molar-refractivity contribution in [3.8, 4) is 0 Å². The van der Waals surface area contributed by atoms with E-state index in [0.717, 1.165) is 0 Å². The summed E-state index contributed by atoms with van der Waals surface area (Å²) in [4.78, 5) is 22.2. The third-order valence-corrected chi connectivity index (χ3v) is 6.53. The standard InChI is InChI=1S/C9H6F2NO4.C4H9.Sn/c1-2-16-9(13)5-3-6(10)7(11)4-8(5)12(14)15;1-4(2)3;/h3H,2H2,1H3;1-3H3;. The number of benzene rings is 1. The van der Waals surface area contributed by atoms with Gasteiger partial charge in [0.05, 0.1) is 0 Å². The Morgan fingerprint density at radius 2 is 2.00 bits per heavy atom. The van der Waals surface area contributed by atoms with Gasteiger partial charge in [-0.15, -0.1) is 0 Å². The van der Waals surface area contributed by atoms with Crippen LogP contribution < -0.4 is 3.58 Å². The fraction of sp³-hybridized carbons (Fsp3) is 0.462. The minimum atomic E-state index is -1.85. The number of nitro groups is 1. The van der Waals surface area contributed by atoms with Gasteiger partial charge in [-0.3, -0.25) is 0 Å². The van der Waals surface area contributed by atoms with E-state index in [2.05, 4.69) is 4.74 Å². The molecule has 1 aromatic rings. The molecule has 0 fully saturated rings. The predicted octanol–water partition coefficient (Wildman–Crippen LogP) is 2.60. The summed E-state index contributed by atoms with van der Waals surface area (Å²) in [5.41, 5.74) is -1.19. The molecule has 1 rings (SSSR count). The Kier molecular flexibility index (Phi) is 5.66. The van der Waals surface area contributed by atoms with Crippen molar-refractivity contribution < 1.29 is 23.2 Å². The number of halogens is 2. The van der Waals surface area contributed by atoms with E-state index in [1.165, 1.54) is 6.92 Å². The first kappa shape index (κ1) is 17.8. The Labute approximate surface area is 131 Å². The van der Waals surface area contributed by atoms with Crippen molar-refractivity contribution in [3.63, 3.8) is 0 Å². The monoisotopic (exact) mass is 407 g/mol. The molecule has 5 nitrogen and oxygen atoms in total. The van der Waals surface area contributed by atoms with E-state index in [1.54, 1.807) is 20.8 Å². The molecule has 0 saturated heterocycles. The first-order valence-corrected chi connectivity index (χ1v) is 9.05. The van der Waals surface area contributed by atoms with Gasteiger partial charge in [0.25, 0.3) is 0 Å². The minimum absolute atomic E-state index is 0.0103. The van der Waals surface area contributed by atoms with Crippen LogP contribution in [-0.4, -0.2) is 38.6 Å². The van der Waals surface area contributed by atoms with Crippen LogP contribution in [0.5, 0.6) is 0 Å². The van der Waals surface area contributed by atoms with Gasteiger partial charge in [-0.25, -0.2) is 0 Å². The van der Waals surface area contributed by atoms with Gasteiger partial charge >= 0.3 is 131 Å². The van der Waals surface area contributed by atoms with E-state index in [0.29, 0.717) is 6.07 Å². The molecule has 8 heteroatoms. The molecule has 0 unspecified atom stereocenters. The number of nitro benzene ring substituents is 1. The molecule has 0 aliphatic carbocycles. The number of esters is 1. The summed E-state index contributed by atoms with van der Waals surface area (Å²) in [5, 5.41) is 11.2. The van der Waals surface area contributed by atoms with E-state index in [-0.39, 0.29) is 13.6 Å². The second-order valence-electron chi connectivity index (χ2n) is 5.30. The van der Waals surface area contributed by atoms with Crippen LogP contribution in [-0.2, 0) is 4.74 Å². The van der Waals surface area contributed by atoms with Crippen LogP contribution >= 0.6 is 0 Å². The van der Waals surface area contributed by atoms with Crippen molar-refractivity contribution in [1.82, 2.24) is 0 Å². The van der Waals surface area contributed by atoms with Crippen LogP contribution in [0.2, 0.25) is 3.43 Å². The third-order valence-electron chi connectivity index (χ3n) is 2.37. The van der Waals surface area contributed by atoms with Crippen LogP contribution in [0.4, 0.5) is 14.5 Å². The average Bonchev–Trinajstić information content (AvgIpc) is 2.32. The van der Waals surface area contributed by atoms with Gasteiger partial charge in [0.15, 0.2) is 0 Å². The molecule has 0 aliphatic heterocycles. The fourth-order valence-corrected chi connectivity index (χ4v) is 5.44. The molecule has 0 bridgehead atoms. The van der Waals surface area contributed by atoms with Gasteiger partial charge in [-0.2, -0.15) is 0 Å². The molecule has 0 heterocycles. The van der Waals surface area contributed by atoms with Crippen molar-refractivity contribution in [2.75, 3.05) is 6.61 Å². The summed E-state index contributed by atoms with van der Waals surface area (Å²) in [5.74, 6) is -3.50. The van der Waals surface area contributed by atoms with Crippen molar-refractivity contribution in [1.29, 1.82) is 0 Å². The fourth-order valence-electron chi connectivity index (χ4n) is 1.66. The van der Waals surface area contributed by atoms with Gasteiger partial charge < -0.3 is 0 Å². The van der Waals surface area contributed by atoms with E-state index < -0.39 is 54.9 Å². The third kappa shape index (κ3) is 4.36. The number of hydrogen-bond acceptors (Lipinski definition) is 4. The van der Waals surface area contributed by atoms with E-state index in [9.17, 15) is 23.7 Å². The predicted molar refractivity (Wildman–Crippen MR) is 74.1 cm³/mol. The SMILES string of the molecule is CCOC(=O)c1cc(F)c(F)[c]([Sn][C](C)(C)C)c1[N+](=O)[O-]. The number of ether oxygens (including phenoxy) is 1. The van der Waals surface area contributed by atoms with Gasteiger partial charge in [0, 0.05) is 0 Å². The van der Waals surface area contributed by atoms with Crippen LogP contribution in [0.25, 0.3) is 0 Å². The summed E-state index contributed by atoms with van der Waals surface area (Å²) in [6.45, 7) is 6.92. The Bertz CT molecular complexity index is 585. The zero-order valence-electron chi connectivity index (χ0n) is 12.1. The van der Waals surface area contributed by atoms with Crippen LogP contribution in [0.1, 0.15) is 38.1 Å². The Balaban J connectivity index is 3.60. The molecular weight excluding hydrogens is 391 g/mol. The van der Waals surface area contributed by atoms with E-state index >= 15 is 0 Å². The first-order chi connectivity index (χ1) is 9.58. The quantitative estimate of drug-likeness (QED) is 0.334. The topological polar surface area (TPSA) is 69.4 Å². The van der Waals surface area contributed by atoms with Gasteiger partial charge in [0.1, 0.15) is 0 Å². The second kappa shape index (κ2) is 6.67. The Morgan fingerprint density at radius 1 is 1.43 bits per heavy atom. The summed E-state index contributed by atoms with van der Waals surface area (Å²) in [7, 11) is 0. The zero-order chi connectivity index (χ0) is 16.4. The maximum atomic E-state index is 14.0. The molecule has 0 spiro atoms. The molecule has 0 aliphatic rings. The zero-order valence-corrected chi connectivity index (χ0v) is 15.0. The molecular formula is C13H15F2NO4Sn. The van der Waals surface area contributed by atoms with Crippen molar-refractivity contribution in [2.24, 2.45) is 0 Å². The molecule has 2 radical (unpaired) electrons. The molecule has 21 heavy (non-hydrogen) atoms.